The fraction of sp³-hybridized carbons (Fsp3) is 0.471. The maximum Gasteiger partial charge on any atom is 0.427 e. The number of amides is 1. The molecule has 4 aromatic rings. The second kappa shape index (κ2) is 22.3. The summed E-state index contributed by atoms with van der Waals surface area (Å²) in [6, 6.07) is 26.8. The van der Waals surface area contributed by atoms with Gasteiger partial charge in [0.2, 0.25) is 0 Å². The Labute approximate surface area is 421 Å². The van der Waals surface area contributed by atoms with E-state index in [0.29, 0.717) is 49.6 Å². The molecule has 4 aromatic carbocycles. The Morgan fingerprint density at radius 3 is 2.29 bits per heavy atom. The Kier molecular flexibility index (Phi) is 17.1. The standard InChI is InChI=1S/C51H63Cl2F2N5O6S3/c1-5-50(6-2)36-59(46-34-49(3,4)25-23-44(46)37-13-17-39(52)18-14-37)28-29-60(50)41-19-15-38(16-20-41)48(61)57-69(64,65)43-21-22-45(47(33-43)68(62,63)51(53,54)55)56-40(35-67-42-11-8-7-9-12-42)24-27-58-26-10-31-66-32-30-58/h7-9,11-22,33,40,56H,5-6,10,23-32,34-36H2,1-4H3,(H,57,61)/t40-/m1/s1. The molecule has 2 fully saturated rings. The van der Waals surface area contributed by atoms with Crippen LogP contribution < -0.4 is 14.9 Å². The maximum atomic E-state index is 14.7. The van der Waals surface area contributed by atoms with Crippen molar-refractivity contribution in [2.45, 2.75) is 104 Å². The molecule has 11 nitrogen and oxygen atoms in total. The number of hydrogen-bond acceptors (Lipinski definition) is 11. The van der Waals surface area contributed by atoms with E-state index in [2.05, 4.69) is 59.8 Å². The first kappa shape index (κ1) is 52.9. The van der Waals surface area contributed by atoms with Gasteiger partial charge in [0, 0.05) is 84.5 Å². The number of thioether (sulfide) groups is 1. The van der Waals surface area contributed by atoms with Gasteiger partial charge < -0.3 is 24.8 Å². The van der Waals surface area contributed by atoms with E-state index in [1.165, 1.54) is 28.6 Å². The average molecular weight is 1050 g/mol. The number of carbonyl (C=O) groups excluding carboxylic acids is 1. The summed E-state index contributed by atoms with van der Waals surface area (Å²) in [5, 5.41) is 3.84. The number of piperazine rings is 1. The first-order chi connectivity index (χ1) is 32.7. The Hall–Kier alpha value is -3.90. The van der Waals surface area contributed by atoms with Crippen molar-refractivity contribution < 1.29 is 35.1 Å². The lowest BCUT2D eigenvalue weighted by Crippen LogP contribution is -2.62. The Bertz CT molecular complexity index is 2660. The number of anilines is 2. The first-order valence-corrected chi connectivity index (χ1v) is 28.3. The lowest BCUT2D eigenvalue weighted by molar-refractivity contribution is 0.0981. The molecule has 69 heavy (non-hydrogen) atoms. The van der Waals surface area contributed by atoms with Gasteiger partial charge in [-0.15, -0.1) is 11.8 Å². The molecular formula is C51H63Cl2F2N5O6S3. The molecule has 1 aliphatic carbocycles. The van der Waals surface area contributed by atoms with E-state index in [4.69, 9.17) is 27.9 Å². The summed E-state index contributed by atoms with van der Waals surface area (Å²) in [6.07, 6.45) is 6.10. The molecule has 0 bridgehead atoms. The van der Waals surface area contributed by atoms with E-state index < -0.39 is 46.3 Å². The zero-order valence-electron chi connectivity index (χ0n) is 39.7. The summed E-state index contributed by atoms with van der Waals surface area (Å²) in [5.74, 6) is -0.548. The number of halogens is 4. The van der Waals surface area contributed by atoms with Gasteiger partial charge in [0.15, 0.2) is 0 Å². The van der Waals surface area contributed by atoms with Crippen LogP contribution in [0.2, 0.25) is 5.02 Å². The minimum Gasteiger partial charge on any atom is -0.380 e. The third-order valence-electron chi connectivity index (χ3n) is 13.8. The van der Waals surface area contributed by atoms with Crippen molar-refractivity contribution in [1.82, 2.24) is 14.5 Å². The van der Waals surface area contributed by atoms with E-state index in [0.717, 1.165) is 87.4 Å². The third kappa shape index (κ3) is 12.8. The minimum atomic E-state index is -5.64. The van der Waals surface area contributed by atoms with Crippen LogP contribution in [-0.4, -0.2) is 107 Å². The fourth-order valence-corrected chi connectivity index (χ4v) is 13.0. The number of sulfonamides is 1. The summed E-state index contributed by atoms with van der Waals surface area (Å²) in [5.41, 5.74) is 4.52. The van der Waals surface area contributed by atoms with Crippen LogP contribution in [0.25, 0.3) is 5.57 Å². The second-order valence-corrected chi connectivity index (χ2v) is 24.8. The van der Waals surface area contributed by atoms with E-state index in [9.17, 15) is 30.4 Å². The molecular weight excluding hydrogens is 984 g/mol. The molecule has 1 atom stereocenters. The Morgan fingerprint density at radius 2 is 1.61 bits per heavy atom. The van der Waals surface area contributed by atoms with Crippen molar-refractivity contribution in [3.05, 3.63) is 119 Å². The number of carbonyl (C=O) groups is 1. The van der Waals surface area contributed by atoms with Crippen LogP contribution in [0.4, 0.5) is 20.2 Å². The molecule has 0 aromatic heterocycles. The van der Waals surface area contributed by atoms with Crippen LogP contribution in [0, 0.1) is 5.41 Å². The first-order valence-electron chi connectivity index (χ1n) is 23.6. The Morgan fingerprint density at radius 1 is 0.899 bits per heavy atom. The molecule has 0 saturated carbocycles. The predicted octanol–water partition coefficient (Wildman–Crippen LogP) is 11.0. The van der Waals surface area contributed by atoms with Crippen LogP contribution in [0.5, 0.6) is 0 Å². The van der Waals surface area contributed by atoms with Gasteiger partial charge >= 0.3 is 4.71 Å². The van der Waals surface area contributed by atoms with Gasteiger partial charge in [-0.05, 0) is 140 Å². The van der Waals surface area contributed by atoms with Gasteiger partial charge in [0.1, 0.15) is 0 Å². The zero-order valence-corrected chi connectivity index (χ0v) is 43.6. The number of benzene rings is 4. The van der Waals surface area contributed by atoms with Crippen molar-refractivity contribution in [2.75, 3.05) is 68.5 Å². The average Bonchev–Trinajstić information content (AvgIpc) is 3.61. The van der Waals surface area contributed by atoms with Gasteiger partial charge in [-0.3, -0.25) is 4.79 Å². The SMILES string of the molecule is CCC1(CC)CN(C2=C(c3ccc(Cl)cc3)CCC(C)(C)C2)CCN1c1ccc(C(=O)NS(=O)(=O)c2ccc(N[C@H](CCN3CCCOCC3)CSc3ccccc3)c(S(=O)(=O)C(F)(F)Cl)c2)cc1. The number of nitrogens with zero attached hydrogens (tertiary/aromatic N) is 3. The molecule has 7 rings (SSSR count). The van der Waals surface area contributed by atoms with Crippen LogP contribution in [0.15, 0.2) is 117 Å². The number of ether oxygens (including phenoxy) is 1. The monoisotopic (exact) mass is 1050 g/mol. The van der Waals surface area contributed by atoms with Gasteiger partial charge in [-0.2, -0.15) is 8.78 Å². The molecule has 18 heteroatoms. The van der Waals surface area contributed by atoms with Crippen molar-refractivity contribution in [3.63, 3.8) is 0 Å². The highest BCUT2D eigenvalue weighted by Gasteiger charge is 2.46. The lowest BCUT2D eigenvalue weighted by atomic mass is 9.74. The number of hydrogen-bond donors (Lipinski definition) is 2. The van der Waals surface area contributed by atoms with Crippen LogP contribution in [0.1, 0.15) is 88.6 Å². The molecule has 2 heterocycles. The molecule has 0 unspecified atom stereocenters. The molecule has 2 N–H and O–H groups in total. The number of nitrogens with one attached hydrogen (secondary N) is 2. The smallest absolute Gasteiger partial charge is 0.380 e. The molecule has 374 valence electrons. The largest absolute Gasteiger partial charge is 0.427 e. The number of sulfone groups is 1. The normalized spacial score (nSPS) is 18.7. The van der Waals surface area contributed by atoms with Crippen molar-refractivity contribution in [1.29, 1.82) is 0 Å². The molecule has 0 radical (unpaired) electrons. The van der Waals surface area contributed by atoms with Crippen LogP contribution in [0.3, 0.4) is 0 Å². The number of rotatable bonds is 18. The van der Waals surface area contributed by atoms with E-state index in [1.807, 2.05) is 47.2 Å². The summed E-state index contributed by atoms with van der Waals surface area (Å²) in [4.78, 5) is 20.1. The van der Waals surface area contributed by atoms with Crippen LogP contribution >= 0.6 is 35.0 Å². The topological polar surface area (TPSA) is 128 Å². The summed E-state index contributed by atoms with van der Waals surface area (Å²) < 4.78 is 86.8. The summed E-state index contributed by atoms with van der Waals surface area (Å²) in [7, 11) is -10.4. The molecule has 1 amide bonds. The van der Waals surface area contributed by atoms with Gasteiger partial charge in [0.05, 0.1) is 27.6 Å². The highest BCUT2D eigenvalue weighted by molar-refractivity contribution is 7.99. The van der Waals surface area contributed by atoms with Gasteiger partial charge in [0.25, 0.3) is 25.8 Å². The number of allylic oxidation sites excluding steroid dienone is 2. The number of alkyl halides is 3. The predicted molar refractivity (Wildman–Crippen MR) is 275 cm³/mol. The molecule has 2 aliphatic heterocycles. The van der Waals surface area contributed by atoms with Crippen molar-refractivity contribution in [2.24, 2.45) is 5.41 Å². The van der Waals surface area contributed by atoms with Crippen molar-refractivity contribution in [3.8, 4) is 0 Å². The molecule has 2 saturated heterocycles. The summed E-state index contributed by atoms with van der Waals surface area (Å²) in [6.45, 7) is 14.7. The maximum absolute atomic E-state index is 14.7. The highest BCUT2D eigenvalue weighted by Crippen LogP contribution is 2.46. The van der Waals surface area contributed by atoms with E-state index in [-0.39, 0.29) is 22.2 Å². The third-order valence-corrected chi connectivity index (χ3v) is 18.7. The van der Waals surface area contributed by atoms with Gasteiger partial charge in [-0.25, -0.2) is 21.6 Å². The fourth-order valence-electron chi connectivity index (χ4n) is 9.65. The second-order valence-electron chi connectivity index (χ2n) is 18.9. The van der Waals surface area contributed by atoms with Gasteiger partial charge in [-0.1, -0.05) is 69.6 Å². The zero-order chi connectivity index (χ0) is 49.6. The van der Waals surface area contributed by atoms with E-state index in [1.54, 1.807) is 24.3 Å². The minimum absolute atomic E-state index is 0.0370. The molecule has 0 spiro atoms. The van der Waals surface area contributed by atoms with Crippen molar-refractivity contribution >= 4 is 77.7 Å². The quantitative estimate of drug-likeness (QED) is 0.0730. The Balaban J connectivity index is 1.09. The summed E-state index contributed by atoms with van der Waals surface area (Å²) >= 11 is 13.0. The van der Waals surface area contributed by atoms with E-state index >= 15 is 0 Å². The highest BCUT2D eigenvalue weighted by atomic mass is 35.5. The lowest BCUT2D eigenvalue weighted by Gasteiger charge is -2.54. The van der Waals surface area contributed by atoms with Crippen LogP contribution in [-0.2, 0) is 24.6 Å². The molecule has 3 aliphatic rings.